The largest absolute Gasteiger partial charge is 0.344 e. The number of amides is 2. The first-order valence-electron chi connectivity index (χ1n) is 5.13. The summed E-state index contributed by atoms with van der Waals surface area (Å²) >= 11 is 5.69. The Morgan fingerprint density at radius 1 is 1.53 bits per heavy atom. The minimum absolute atomic E-state index is 0.106. The van der Waals surface area contributed by atoms with Crippen molar-refractivity contribution in [3.63, 3.8) is 0 Å². The molecule has 1 saturated heterocycles. The molecule has 0 radical (unpaired) electrons. The van der Waals surface area contributed by atoms with Gasteiger partial charge in [0.05, 0.1) is 0 Å². The Hall–Kier alpha value is -1.82. The van der Waals surface area contributed by atoms with Gasteiger partial charge in [0.1, 0.15) is 17.0 Å². The van der Waals surface area contributed by atoms with Crippen LogP contribution in [0.4, 0.5) is 5.82 Å². The first-order chi connectivity index (χ1) is 8.15. The van der Waals surface area contributed by atoms with Gasteiger partial charge in [-0.05, 0) is 18.6 Å². The van der Waals surface area contributed by atoms with E-state index in [9.17, 15) is 9.59 Å². The summed E-state index contributed by atoms with van der Waals surface area (Å²) in [6.45, 7) is 0. The van der Waals surface area contributed by atoms with Crippen LogP contribution in [-0.2, 0) is 9.59 Å². The fourth-order valence-electron chi connectivity index (χ4n) is 1.50. The van der Waals surface area contributed by atoms with Crippen molar-refractivity contribution in [2.45, 2.75) is 18.9 Å². The average Bonchev–Trinajstić information content (AvgIpc) is 2.73. The van der Waals surface area contributed by atoms with Gasteiger partial charge in [-0.25, -0.2) is 4.98 Å². The number of rotatable bonds is 3. The molecule has 0 aromatic carbocycles. The Labute approximate surface area is 103 Å². The summed E-state index contributed by atoms with van der Waals surface area (Å²) in [6.07, 6.45) is 0.892. The lowest BCUT2D eigenvalue weighted by molar-refractivity contribution is -0.125. The first kappa shape index (κ1) is 11.7. The Bertz CT molecular complexity index is 452. The van der Waals surface area contributed by atoms with Crippen LogP contribution in [0.25, 0.3) is 0 Å². The van der Waals surface area contributed by atoms with Crippen molar-refractivity contribution < 1.29 is 9.59 Å². The number of carbonyl (C=O) groups is 2. The predicted octanol–water partition coefficient (Wildman–Crippen LogP) is 0.457. The number of hydrogen-bond acceptors (Lipinski definition) is 4. The second-order valence-electron chi connectivity index (χ2n) is 3.62. The van der Waals surface area contributed by atoms with Crippen LogP contribution < -0.4 is 16.2 Å². The highest BCUT2D eigenvalue weighted by atomic mass is 35.5. The molecule has 1 aromatic heterocycles. The van der Waals surface area contributed by atoms with Gasteiger partial charge in [-0.3, -0.25) is 20.4 Å². The quantitative estimate of drug-likeness (QED) is 0.540. The molecule has 2 rings (SSSR count). The van der Waals surface area contributed by atoms with Crippen LogP contribution in [-0.4, -0.2) is 22.8 Å². The minimum atomic E-state index is -0.478. The van der Waals surface area contributed by atoms with E-state index in [4.69, 9.17) is 11.6 Å². The fourth-order valence-corrected chi connectivity index (χ4v) is 1.67. The Kier molecular flexibility index (Phi) is 3.43. The number of nitrogens with zero attached hydrogens (tertiary/aromatic N) is 1. The summed E-state index contributed by atoms with van der Waals surface area (Å²) in [5.41, 5.74) is 5.09. The van der Waals surface area contributed by atoms with Crippen LogP contribution >= 0.6 is 11.6 Å². The molecule has 1 aromatic rings. The maximum Gasteiger partial charge on any atom is 0.260 e. The van der Waals surface area contributed by atoms with Crippen LogP contribution in [0.2, 0.25) is 5.15 Å². The average molecular weight is 255 g/mol. The maximum absolute atomic E-state index is 11.6. The molecule has 90 valence electrons. The van der Waals surface area contributed by atoms with Crippen LogP contribution in [0.15, 0.2) is 18.2 Å². The van der Waals surface area contributed by atoms with Crippen LogP contribution in [0.3, 0.4) is 0 Å². The highest BCUT2D eigenvalue weighted by Crippen LogP contribution is 2.09. The van der Waals surface area contributed by atoms with E-state index in [2.05, 4.69) is 21.2 Å². The Balaban J connectivity index is 1.86. The predicted molar refractivity (Wildman–Crippen MR) is 62.2 cm³/mol. The second-order valence-corrected chi connectivity index (χ2v) is 4.01. The van der Waals surface area contributed by atoms with Crippen molar-refractivity contribution in [1.82, 2.24) is 15.7 Å². The number of carbonyl (C=O) groups excluding carboxylic acids is 2. The first-order valence-corrected chi connectivity index (χ1v) is 5.51. The summed E-state index contributed by atoms with van der Waals surface area (Å²) < 4.78 is 0. The number of anilines is 1. The van der Waals surface area contributed by atoms with Crippen LogP contribution in [0.5, 0.6) is 0 Å². The summed E-state index contributed by atoms with van der Waals surface area (Å²) in [5, 5.41) is 2.90. The number of halogens is 1. The van der Waals surface area contributed by atoms with E-state index in [-0.39, 0.29) is 11.8 Å². The van der Waals surface area contributed by atoms with Gasteiger partial charge in [0, 0.05) is 6.42 Å². The molecule has 1 fully saturated rings. The lowest BCUT2D eigenvalue weighted by Gasteiger charge is -2.12. The van der Waals surface area contributed by atoms with E-state index >= 15 is 0 Å². The molecule has 0 aliphatic carbocycles. The summed E-state index contributed by atoms with van der Waals surface area (Å²) in [6, 6.07) is 4.53. The van der Waals surface area contributed by atoms with Crippen LogP contribution in [0.1, 0.15) is 12.8 Å². The second kappa shape index (κ2) is 5.01. The zero-order valence-electron chi connectivity index (χ0n) is 8.87. The van der Waals surface area contributed by atoms with Gasteiger partial charge in [-0.2, -0.15) is 0 Å². The van der Waals surface area contributed by atoms with E-state index in [0.29, 0.717) is 23.8 Å². The summed E-state index contributed by atoms with van der Waals surface area (Å²) in [5.74, 6) is 0.0406. The molecule has 0 bridgehead atoms. The number of aromatic nitrogens is 1. The van der Waals surface area contributed by atoms with Gasteiger partial charge in [-0.15, -0.1) is 0 Å². The molecule has 1 aliphatic rings. The van der Waals surface area contributed by atoms with Crippen molar-refractivity contribution in [2.24, 2.45) is 0 Å². The number of hydrogen-bond donors (Lipinski definition) is 3. The molecular formula is C10H11ClN4O2. The van der Waals surface area contributed by atoms with Gasteiger partial charge >= 0.3 is 0 Å². The monoisotopic (exact) mass is 254 g/mol. The molecular weight excluding hydrogens is 244 g/mol. The van der Waals surface area contributed by atoms with E-state index in [0.717, 1.165) is 0 Å². The van der Waals surface area contributed by atoms with Gasteiger partial charge in [0.15, 0.2) is 0 Å². The maximum atomic E-state index is 11.6. The third kappa shape index (κ3) is 3.07. The van der Waals surface area contributed by atoms with Gasteiger partial charge < -0.3 is 5.32 Å². The Morgan fingerprint density at radius 3 is 3.00 bits per heavy atom. The molecule has 1 aliphatic heterocycles. The van der Waals surface area contributed by atoms with Crippen molar-refractivity contribution in [1.29, 1.82) is 0 Å². The molecule has 17 heavy (non-hydrogen) atoms. The van der Waals surface area contributed by atoms with Gasteiger partial charge in [-0.1, -0.05) is 17.7 Å². The van der Waals surface area contributed by atoms with E-state index in [1.54, 1.807) is 18.2 Å². The lowest BCUT2D eigenvalue weighted by atomic mass is 10.2. The fraction of sp³-hybridized carbons (Fsp3) is 0.300. The number of pyridine rings is 1. The summed E-state index contributed by atoms with van der Waals surface area (Å²) in [7, 11) is 0. The molecule has 1 atom stereocenters. The highest BCUT2D eigenvalue weighted by Gasteiger charge is 2.26. The SMILES string of the molecule is O=C1CCC(C(=O)NNc2cccc(Cl)n2)N1. The minimum Gasteiger partial charge on any atom is -0.344 e. The van der Waals surface area contributed by atoms with E-state index in [1.165, 1.54) is 0 Å². The zero-order chi connectivity index (χ0) is 12.3. The van der Waals surface area contributed by atoms with E-state index in [1.807, 2.05) is 0 Å². The molecule has 3 N–H and O–H groups in total. The molecule has 0 spiro atoms. The molecule has 2 heterocycles. The lowest BCUT2D eigenvalue weighted by Crippen LogP contribution is -2.44. The normalized spacial score (nSPS) is 18.6. The molecule has 6 nitrogen and oxygen atoms in total. The highest BCUT2D eigenvalue weighted by molar-refractivity contribution is 6.29. The van der Waals surface area contributed by atoms with E-state index < -0.39 is 6.04 Å². The third-order valence-corrected chi connectivity index (χ3v) is 2.55. The van der Waals surface area contributed by atoms with Crippen LogP contribution in [0, 0.1) is 0 Å². The smallest absolute Gasteiger partial charge is 0.260 e. The Morgan fingerprint density at radius 2 is 2.35 bits per heavy atom. The molecule has 2 amide bonds. The van der Waals surface area contributed by atoms with Crippen molar-refractivity contribution in [3.8, 4) is 0 Å². The molecule has 7 heteroatoms. The summed E-state index contributed by atoms with van der Waals surface area (Å²) in [4.78, 5) is 26.5. The van der Waals surface area contributed by atoms with Gasteiger partial charge in [0.2, 0.25) is 5.91 Å². The standard InChI is InChI=1S/C10H11ClN4O2/c11-7-2-1-3-8(13-7)14-15-10(17)6-4-5-9(16)12-6/h1-3,6H,4-5H2,(H,12,16)(H,13,14)(H,15,17). The van der Waals surface area contributed by atoms with Gasteiger partial charge in [0.25, 0.3) is 5.91 Å². The molecule has 1 unspecified atom stereocenters. The number of hydrazine groups is 1. The van der Waals surface area contributed by atoms with Crippen molar-refractivity contribution in [3.05, 3.63) is 23.4 Å². The van der Waals surface area contributed by atoms with Crippen molar-refractivity contribution in [2.75, 3.05) is 5.43 Å². The molecule has 0 saturated carbocycles. The topological polar surface area (TPSA) is 83.1 Å². The number of nitrogens with one attached hydrogen (secondary N) is 3. The zero-order valence-corrected chi connectivity index (χ0v) is 9.62. The third-order valence-electron chi connectivity index (χ3n) is 2.34. The van der Waals surface area contributed by atoms with Crippen molar-refractivity contribution >= 4 is 29.2 Å².